The molecule has 122 valence electrons. The second kappa shape index (κ2) is 7.89. The van der Waals surface area contributed by atoms with Gasteiger partial charge in [-0.15, -0.1) is 0 Å². The third-order valence-electron chi connectivity index (χ3n) is 3.18. The molecule has 8 heteroatoms. The average molecular weight is 319 g/mol. The van der Waals surface area contributed by atoms with Gasteiger partial charge in [-0.3, -0.25) is 14.9 Å². The smallest absolute Gasteiger partial charge is 0.338 e. The van der Waals surface area contributed by atoms with Gasteiger partial charge in [-0.05, 0) is 19.9 Å². The second-order valence-electron chi connectivity index (χ2n) is 4.89. The van der Waals surface area contributed by atoms with Gasteiger partial charge in [-0.1, -0.05) is 0 Å². The van der Waals surface area contributed by atoms with Crippen LogP contribution in [0.4, 0.5) is 5.69 Å². The van der Waals surface area contributed by atoms with Gasteiger partial charge in [-0.25, -0.2) is 4.79 Å². The van der Waals surface area contributed by atoms with E-state index in [0.717, 1.165) is 19.2 Å². The molecule has 0 aliphatic carbocycles. The van der Waals surface area contributed by atoms with Gasteiger partial charge in [0.15, 0.2) is 0 Å². The van der Waals surface area contributed by atoms with Crippen LogP contribution >= 0.6 is 0 Å². The van der Waals surface area contributed by atoms with Crippen LogP contribution in [-0.2, 0) is 4.74 Å². The number of nitrogens with zero attached hydrogens (tertiary/aromatic N) is 3. The van der Waals surface area contributed by atoms with E-state index in [0.29, 0.717) is 6.54 Å². The van der Waals surface area contributed by atoms with Crippen LogP contribution in [0.2, 0.25) is 0 Å². The fourth-order valence-corrected chi connectivity index (χ4v) is 1.99. The van der Waals surface area contributed by atoms with Crippen LogP contribution in [0.25, 0.3) is 0 Å². The number of nitro groups is 1. The highest BCUT2D eigenvalue weighted by atomic mass is 16.6. The standard InChI is InChI=1S/C15H17N3O5/c1-4-17(9-10(2)8-16)14(19)11-5-12(15(20)23-3)7-13(6-11)18(21)22/h5-7,10H,4,9H2,1-3H3. The molecule has 0 aliphatic heterocycles. The first-order valence-corrected chi connectivity index (χ1v) is 6.90. The van der Waals surface area contributed by atoms with E-state index >= 15 is 0 Å². The molecule has 1 unspecified atom stereocenters. The molecule has 23 heavy (non-hydrogen) atoms. The maximum absolute atomic E-state index is 12.5. The molecular weight excluding hydrogens is 302 g/mol. The van der Waals surface area contributed by atoms with Crippen LogP contribution in [0, 0.1) is 27.4 Å². The number of carbonyl (C=O) groups is 2. The van der Waals surface area contributed by atoms with E-state index in [-0.39, 0.29) is 29.3 Å². The van der Waals surface area contributed by atoms with E-state index in [9.17, 15) is 19.7 Å². The zero-order chi connectivity index (χ0) is 17.6. The number of rotatable bonds is 6. The highest BCUT2D eigenvalue weighted by molar-refractivity contribution is 5.99. The van der Waals surface area contributed by atoms with Crippen LogP contribution in [0.15, 0.2) is 18.2 Å². The lowest BCUT2D eigenvalue weighted by Crippen LogP contribution is -2.34. The monoisotopic (exact) mass is 319 g/mol. The molecule has 0 spiro atoms. The van der Waals surface area contributed by atoms with Crippen LogP contribution < -0.4 is 0 Å². The molecule has 0 radical (unpaired) electrons. The SMILES string of the molecule is CCN(CC(C)C#N)C(=O)c1cc(C(=O)OC)cc([N+](=O)[O-])c1. The van der Waals surface area contributed by atoms with Gasteiger partial charge in [0.05, 0.1) is 29.6 Å². The highest BCUT2D eigenvalue weighted by Crippen LogP contribution is 2.20. The van der Waals surface area contributed by atoms with Crippen molar-refractivity contribution in [3.05, 3.63) is 39.4 Å². The summed E-state index contributed by atoms with van der Waals surface area (Å²) >= 11 is 0. The molecule has 0 fully saturated rings. The summed E-state index contributed by atoms with van der Waals surface area (Å²) in [6, 6.07) is 5.44. The zero-order valence-electron chi connectivity index (χ0n) is 13.1. The number of carbonyl (C=O) groups excluding carboxylic acids is 2. The van der Waals surface area contributed by atoms with Crippen LogP contribution in [0.5, 0.6) is 0 Å². The molecule has 0 saturated carbocycles. The third kappa shape index (κ3) is 4.51. The van der Waals surface area contributed by atoms with Gasteiger partial charge < -0.3 is 9.64 Å². The Morgan fingerprint density at radius 2 is 2.00 bits per heavy atom. The lowest BCUT2D eigenvalue weighted by atomic mass is 10.1. The molecule has 1 rings (SSSR count). The first-order chi connectivity index (χ1) is 10.8. The first-order valence-electron chi connectivity index (χ1n) is 6.90. The molecule has 0 saturated heterocycles. The van der Waals surface area contributed by atoms with Crippen LogP contribution in [0.3, 0.4) is 0 Å². The Morgan fingerprint density at radius 3 is 2.48 bits per heavy atom. The number of non-ortho nitro benzene ring substituents is 1. The van der Waals surface area contributed by atoms with Gasteiger partial charge >= 0.3 is 5.97 Å². The van der Waals surface area contributed by atoms with Gasteiger partial charge in [0.25, 0.3) is 11.6 Å². The van der Waals surface area contributed by atoms with Crippen molar-refractivity contribution in [2.75, 3.05) is 20.2 Å². The fraction of sp³-hybridized carbons (Fsp3) is 0.400. The quantitative estimate of drug-likeness (QED) is 0.450. The Hall–Kier alpha value is -2.95. The minimum atomic E-state index is -0.767. The number of amides is 1. The van der Waals surface area contributed by atoms with E-state index in [4.69, 9.17) is 5.26 Å². The summed E-state index contributed by atoms with van der Waals surface area (Å²) in [5.41, 5.74) is -0.443. The number of ether oxygens (including phenoxy) is 1. The molecule has 0 heterocycles. The van der Waals surface area contributed by atoms with Crippen molar-refractivity contribution in [3.8, 4) is 6.07 Å². The number of esters is 1. The van der Waals surface area contributed by atoms with E-state index in [1.54, 1.807) is 13.8 Å². The molecule has 0 bridgehead atoms. The Balaban J connectivity index is 3.26. The van der Waals surface area contributed by atoms with E-state index in [2.05, 4.69) is 4.74 Å². The third-order valence-corrected chi connectivity index (χ3v) is 3.18. The number of benzene rings is 1. The summed E-state index contributed by atoms with van der Waals surface area (Å²) in [6.07, 6.45) is 0. The van der Waals surface area contributed by atoms with Crippen molar-refractivity contribution in [2.24, 2.45) is 5.92 Å². The minimum Gasteiger partial charge on any atom is -0.465 e. The molecule has 8 nitrogen and oxygen atoms in total. The molecular formula is C15H17N3O5. The highest BCUT2D eigenvalue weighted by Gasteiger charge is 2.22. The number of nitriles is 1. The summed E-state index contributed by atoms with van der Waals surface area (Å²) in [6.45, 7) is 3.94. The van der Waals surface area contributed by atoms with Crippen molar-refractivity contribution in [1.82, 2.24) is 4.90 Å². The van der Waals surface area contributed by atoms with Gasteiger partial charge in [0.1, 0.15) is 0 Å². The Labute approximate surface area is 133 Å². The molecule has 1 aromatic carbocycles. The molecule has 1 aromatic rings. The molecule has 0 N–H and O–H groups in total. The molecule has 1 amide bonds. The number of hydrogen-bond acceptors (Lipinski definition) is 6. The van der Waals surface area contributed by atoms with E-state index in [1.165, 1.54) is 11.0 Å². The summed E-state index contributed by atoms with van der Waals surface area (Å²) in [4.78, 5) is 35.8. The largest absolute Gasteiger partial charge is 0.465 e. The Bertz CT molecular complexity index is 666. The number of hydrogen-bond donors (Lipinski definition) is 0. The molecule has 0 aliphatic rings. The van der Waals surface area contributed by atoms with E-state index in [1.807, 2.05) is 6.07 Å². The van der Waals surface area contributed by atoms with E-state index < -0.39 is 16.8 Å². The van der Waals surface area contributed by atoms with Crippen LogP contribution in [-0.4, -0.2) is 41.9 Å². The number of methoxy groups -OCH3 is 1. The Kier molecular flexibility index (Phi) is 6.21. The summed E-state index contributed by atoms with van der Waals surface area (Å²) < 4.78 is 4.55. The molecule has 0 aromatic heterocycles. The average Bonchev–Trinajstić information content (AvgIpc) is 2.57. The van der Waals surface area contributed by atoms with Crippen molar-refractivity contribution < 1.29 is 19.2 Å². The Morgan fingerprint density at radius 1 is 1.39 bits per heavy atom. The topological polar surface area (TPSA) is 114 Å². The normalized spacial score (nSPS) is 11.2. The lowest BCUT2D eigenvalue weighted by Gasteiger charge is -2.22. The maximum atomic E-state index is 12.5. The summed E-state index contributed by atoms with van der Waals surface area (Å²) in [5.74, 6) is -1.63. The summed E-state index contributed by atoms with van der Waals surface area (Å²) in [5, 5.41) is 19.8. The predicted molar refractivity (Wildman–Crippen MR) is 80.8 cm³/mol. The van der Waals surface area contributed by atoms with Crippen molar-refractivity contribution in [2.45, 2.75) is 13.8 Å². The lowest BCUT2D eigenvalue weighted by molar-refractivity contribution is -0.384. The summed E-state index contributed by atoms with van der Waals surface area (Å²) in [7, 11) is 1.15. The molecule has 1 atom stereocenters. The van der Waals surface area contributed by atoms with Gasteiger partial charge in [-0.2, -0.15) is 5.26 Å². The van der Waals surface area contributed by atoms with Gasteiger partial charge in [0.2, 0.25) is 0 Å². The van der Waals surface area contributed by atoms with Gasteiger partial charge in [0, 0.05) is 30.8 Å². The predicted octanol–water partition coefficient (Wildman–Crippen LogP) is 2.00. The van der Waals surface area contributed by atoms with Crippen molar-refractivity contribution in [1.29, 1.82) is 5.26 Å². The van der Waals surface area contributed by atoms with Crippen molar-refractivity contribution in [3.63, 3.8) is 0 Å². The fourth-order valence-electron chi connectivity index (χ4n) is 1.99. The van der Waals surface area contributed by atoms with Crippen LogP contribution in [0.1, 0.15) is 34.6 Å². The second-order valence-corrected chi connectivity index (χ2v) is 4.89. The zero-order valence-corrected chi connectivity index (χ0v) is 13.1. The number of nitro benzene ring substituents is 1. The first kappa shape index (κ1) is 18.1. The maximum Gasteiger partial charge on any atom is 0.338 e. The minimum absolute atomic E-state index is 0.00610. The van der Waals surface area contributed by atoms with Crippen molar-refractivity contribution >= 4 is 17.6 Å².